The SMILES string of the molecule is Cn1ncnc1SCCNc1cccc(F)c1. The highest BCUT2D eigenvalue weighted by molar-refractivity contribution is 7.99. The second-order valence-corrected chi connectivity index (χ2v) is 4.51. The van der Waals surface area contributed by atoms with Crippen LogP contribution in [0, 0.1) is 5.82 Å². The number of aryl methyl sites for hydroxylation is 1. The molecule has 0 radical (unpaired) electrons. The fourth-order valence-corrected chi connectivity index (χ4v) is 2.09. The quantitative estimate of drug-likeness (QED) is 0.654. The number of rotatable bonds is 5. The maximum absolute atomic E-state index is 12.9. The molecule has 1 aromatic heterocycles. The molecule has 0 aliphatic heterocycles. The zero-order valence-electron chi connectivity index (χ0n) is 9.43. The fourth-order valence-electron chi connectivity index (χ4n) is 1.35. The van der Waals surface area contributed by atoms with Crippen LogP contribution in [0.15, 0.2) is 35.7 Å². The van der Waals surface area contributed by atoms with Gasteiger partial charge in [-0.15, -0.1) is 0 Å². The van der Waals surface area contributed by atoms with Crippen LogP contribution in [0.5, 0.6) is 0 Å². The smallest absolute Gasteiger partial charge is 0.185 e. The largest absolute Gasteiger partial charge is 0.384 e. The van der Waals surface area contributed by atoms with Gasteiger partial charge in [-0.25, -0.2) is 14.1 Å². The number of halogens is 1. The van der Waals surface area contributed by atoms with Crippen LogP contribution in [0.3, 0.4) is 0 Å². The van der Waals surface area contributed by atoms with Gasteiger partial charge in [0.15, 0.2) is 5.16 Å². The highest BCUT2D eigenvalue weighted by Crippen LogP contribution is 2.13. The summed E-state index contributed by atoms with van der Waals surface area (Å²) in [5.74, 6) is 0.624. The third-order valence-electron chi connectivity index (χ3n) is 2.16. The van der Waals surface area contributed by atoms with E-state index in [-0.39, 0.29) is 5.82 Å². The van der Waals surface area contributed by atoms with Gasteiger partial charge < -0.3 is 5.32 Å². The summed E-state index contributed by atoms with van der Waals surface area (Å²) >= 11 is 1.61. The van der Waals surface area contributed by atoms with Gasteiger partial charge in [0, 0.05) is 25.0 Å². The van der Waals surface area contributed by atoms with Crippen molar-refractivity contribution in [3.05, 3.63) is 36.4 Å². The van der Waals surface area contributed by atoms with Crippen LogP contribution in [-0.2, 0) is 7.05 Å². The summed E-state index contributed by atoms with van der Waals surface area (Å²) in [4.78, 5) is 4.10. The Kier molecular flexibility index (Phi) is 3.98. The molecule has 0 fully saturated rings. The van der Waals surface area contributed by atoms with E-state index in [1.54, 1.807) is 22.5 Å². The van der Waals surface area contributed by atoms with E-state index >= 15 is 0 Å². The van der Waals surface area contributed by atoms with Crippen LogP contribution < -0.4 is 5.32 Å². The van der Waals surface area contributed by atoms with Crippen molar-refractivity contribution >= 4 is 17.4 Å². The Hall–Kier alpha value is -1.56. The fraction of sp³-hybridized carbons (Fsp3) is 0.273. The first-order chi connectivity index (χ1) is 8.25. The Morgan fingerprint density at radius 1 is 1.47 bits per heavy atom. The normalized spacial score (nSPS) is 10.5. The van der Waals surface area contributed by atoms with Crippen LogP contribution in [0.2, 0.25) is 0 Å². The predicted octanol–water partition coefficient (Wildman–Crippen LogP) is 2.16. The molecule has 0 unspecified atom stereocenters. The summed E-state index contributed by atoms with van der Waals surface area (Å²) in [5.41, 5.74) is 0.795. The van der Waals surface area contributed by atoms with Gasteiger partial charge in [0.05, 0.1) is 0 Å². The molecule has 1 heterocycles. The van der Waals surface area contributed by atoms with Gasteiger partial charge in [-0.2, -0.15) is 5.10 Å². The van der Waals surface area contributed by atoms with E-state index in [4.69, 9.17) is 0 Å². The van der Waals surface area contributed by atoms with Gasteiger partial charge in [0.2, 0.25) is 0 Å². The average molecular weight is 252 g/mol. The highest BCUT2D eigenvalue weighted by atomic mass is 32.2. The Bertz CT molecular complexity index is 486. The minimum atomic E-state index is -0.226. The first-order valence-corrected chi connectivity index (χ1v) is 6.20. The summed E-state index contributed by atoms with van der Waals surface area (Å²) in [6.07, 6.45) is 1.53. The third kappa shape index (κ3) is 3.45. The lowest BCUT2D eigenvalue weighted by Crippen LogP contribution is -2.05. The second-order valence-electron chi connectivity index (χ2n) is 3.45. The van der Waals surface area contributed by atoms with Crippen molar-refractivity contribution in [3.8, 4) is 0 Å². The van der Waals surface area contributed by atoms with Gasteiger partial charge in [-0.1, -0.05) is 17.8 Å². The molecule has 0 spiro atoms. The van der Waals surface area contributed by atoms with E-state index in [2.05, 4.69) is 15.4 Å². The number of nitrogens with zero attached hydrogens (tertiary/aromatic N) is 3. The average Bonchev–Trinajstić information content (AvgIpc) is 2.71. The van der Waals surface area contributed by atoms with E-state index in [9.17, 15) is 4.39 Å². The molecule has 1 aromatic carbocycles. The lowest BCUT2D eigenvalue weighted by molar-refractivity contribution is 0.628. The molecule has 0 bridgehead atoms. The zero-order chi connectivity index (χ0) is 12.1. The molecule has 0 aliphatic carbocycles. The number of hydrogen-bond donors (Lipinski definition) is 1. The van der Waals surface area contributed by atoms with Crippen molar-refractivity contribution in [2.45, 2.75) is 5.16 Å². The summed E-state index contributed by atoms with van der Waals surface area (Å²) in [6.45, 7) is 0.751. The number of thioether (sulfide) groups is 1. The molecule has 6 heteroatoms. The molecule has 0 amide bonds. The van der Waals surface area contributed by atoms with Crippen molar-refractivity contribution < 1.29 is 4.39 Å². The van der Waals surface area contributed by atoms with Gasteiger partial charge in [0.1, 0.15) is 12.1 Å². The van der Waals surface area contributed by atoms with Crippen molar-refractivity contribution in [2.75, 3.05) is 17.6 Å². The topological polar surface area (TPSA) is 42.7 Å². The third-order valence-corrected chi connectivity index (χ3v) is 3.19. The van der Waals surface area contributed by atoms with Gasteiger partial charge >= 0.3 is 0 Å². The summed E-state index contributed by atoms with van der Waals surface area (Å²) < 4.78 is 14.6. The number of anilines is 1. The maximum Gasteiger partial charge on any atom is 0.185 e. The van der Waals surface area contributed by atoms with E-state index in [0.717, 1.165) is 23.1 Å². The van der Waals surface area contributed by atoms with Crippen LogP contribution >= 0.6 is 11.8 Å². The van der Waals surface area contributed by atoms with E-state index in [1.165, 1.54) is 18.5 Å². The maximum atomic E-state index is 12.9. The lowest BCUT2D eigenvalue weighted by atomic mass is 10.3. The molecule has 0 saturated heterocycles. The summed E-state index contributed by atoms with van der Waals surface area (Å²) in [5, 5.41) is 8.01. The minimum absolute atomic E-state index is 0.226. The van der Waals surface area contributed by atoms with Crippen LogP contribution in [0.25, 0.3) is 0 Å². The number of aromatic nitrogens is 3. The molecule has 0 saturated carbocycles. The van der Waals surface area contributed by atoms with Crippen molar-refractivity contribution in [1.82, 2.24) is 14.8 Å². The van der Waals surface area contributed by atoms with E-state index in [0.29, 0.717) is 0 Å². The van der Waals surface area contributed by atoms with Crippen LogP contribution in [0.4, 0.5) is 10.1 Å². The van der Waals surface area contributed by atoms with Crippen molar-refractivity contribution in [1.29, 1.82) is 0 Å². The molecule has 0 atom stereocenters. The van der Waals surface area contributed by atoms with Crippen LogP contribution in [-0.4, -0.2) is 27.1 Å². The predicted molar refractivity (Wildman–Crippen MR) is 66.6 cm³/mol. The highest BCUT2D eigenvalue weighted by Gasteiger charge is 2.00. The standard InChI is InChI=1S/C11H13FN4S/c1-16-11(14-8-15-16)17-6-5-13-10-4-2-3-9(12)7-10/h2-4,7-8,13H,5-6H2,1H3. The van der Waals surface area contributed by atoms with Crippen LogP contribution in [0.1, 0.15) is 0 Å². The van der Waals surface area contributed by atoms with E-state index < -0.39 is 0 Å². The number of hydrogen-bond acceptors (Lipinski definition) is 4. The monoisotopic (exact) mass is 252 g/mol. The summed E-state index contributed by atoms with van der Waals surface area (Å²) in [7, 11) is 1.86. The first kappa shape index (κ1) is 11.9. The molecule has 0 aliphatic rings. The number of nitrogens with one attached hydrogen (secondary N) is 1. The zero-order valence-corrected chi connectivity index (χ0v) is 10.2. The molecular weight excluding hydrogens is 239 g/mol. The summed E-state index contributed by atoms with van der Waals surface area (Å²) in [6, 6.07) is 6.44. The molecule has 2 aromatic rings. The molecule has 90 valence electrons. The Morgan fingerprint density at radius 3 is 3.06 bits per heavy atom. The lowest BCUT2D eigenvalue weighted by Gasteiger charge is -2.05. The molecular formula is C11H13FN4S. The minimum Gasteiger partial charge on any atom is -0.384 e. The Morgan fingerprint density at radius 2 is 2.35 bits per heavy atom. The molecule has 1 N–H and O–H groups in total. The van der Waals surface area contributed by atoms with Crippen molar-refractivity contribution in [3.63, 3.8) is 0 Å². The molecule has 17 heavy (non-hydrogen) atoms. The molecule has 4 nitrogen and oxygen atoms in total. The van der Waals surface area contributed by atoms with E-state index in [1.807, 2.05) is 13.1 Å². The molecule has 2 rings (SSSR count). The number of benzene rings is 1. The van der Waals surface area contributed by atoms with Gasteiger partial charge in [-0.3, -0.25) is 0 Å². The van der Waals surface area contributed by atoms with Crippen molar-refractivity contribution in [2.24, 2.45) is 7.05 Å². The van der Waals surface area contributed by atoms with Gasteiger partial charge in [0.25, 0.3) is 0 Å². The first-order valence-electron chi connectivity index (χ1n) is 5.22. The van der Waals surface area contributed by atoms with Gasteiger partial charge in [-0.05, 0) is 18.2 Å². The Labute approximate surface area is 103 Å². The second kappa shape index (κ2) is 5.67. The Balaban J connectivity index is 1.75.